The van der Waals surface area contributed by atoms with E-state index in [1.807, 2.05) is 54.6 Å². The van der Waals surface area contributed by atoms with Gasteiger partial charge in [-0.25, -0.2) is 4.98 Å². The summed E-state index contributed by atoms with van der Waals surface area (Å²) >= 11 is 6.14. The van der Waals surface area contributed by atoms with E-state index in [-0.39, 0.29) is 5.91 Å². The summed E-state index contributed by atoms with van der Waals surface area (Å²) in [5.74, 6) is -0.0878. The maximum Gasteiger partial charge on any atom is 0.252 e. The third kappa shape index (κ3) is 4.33. The first kappa shape index (κ1) is 18.9. The topological polar surface area (TPSA) is 54.5 Å². The Labute approximate surface area is 169 Å². The molecule has 3 aromatic rings. The Morgan fingerprint density at radius 3 is 2.75 bits per heavy atom. The number of morpholine rings is 1. The maximum atomic E-state index is 12.9. The fraction of sp³-hybridized carbons (Fsp3) is 0.273. The lowest BCUT2D eigenvalue weighted by atomic mass is 10.0. The van der Waals surface area contributed by atoms with Crippen LogP contribution in [0.4, 0.5) is 0 Å². The summed E-state index contributed by atoms with van der Waals surface area (Å²) in [6.07, 6.45) is 0. The highest BCUT2D eigenvalue weighted by Crippen LogP contribution is 2.26. The summed E-state index contributed by atoms with van der Waals surface area (Å²) in [4.78, 5) is 20.0. The molecule has 1 aromatic heterocycles. The van der Waals surface area contributed by atoms with Gasteiger partial charge in [0.15, 0.2) is 0 Å². The third-order valence-corrected chi connectivity index (χ3v) is 5.13. The zero-order valence-corrected chi connectivity index (χ0v) is 16.3. The van der Waals surface area contributed by atoms with Crippen LogP contribution < -0.4 is 5.32 Å². The van der Waals surface area contributed by atoms with Crippen molar-refractivity contribution in [1.82, 2.24) is 15.2 Å². The number of hydrogen-bond donors (Lipinski definition) is 1. The predicted molar refractivity (Wildman–Crippen MR) is 112 cm³/mol. The number of benzene rings is 2. The molecule has 28 heavy (non-hydrogen) atoms. The Morgan fingerprint density at radius 1 is 1.11 bits per heavy atom. The van der Waals surface area contributed by atoms with Crippen LogP contribution in [-0.4, -0.2) is 55.2 Å². The summed E-state index contributed by atoms with van der Waals surface area (Å²) in [6, 6.07) is 17.1. The van der Waals surface area contributed by atoms with Crippen molar-refractivity contribution in [2.45, 2.75) is 0 Å². The van der Waals surface area contributed by atoms with E-state index < -0.39 is 0 Å². The van der Waals surface area contributed by atoms with Crippen LogP contribution in [0.25, 0.3) is 22.2 Å². The van der Waals surface area contributed by atoms with Gasteiger partial charge in [0.25, 0.3) is 5.91 Å². The average molecular weight is 396 g/mol. The van der Waals surface area contributed by atoms with Crippen LogP contribution in [0.3, 0.4) is 0 Å². The summed E-state index contributed by atoms with van der Waals surface area (Å²) in [6.45, 7) is 4.75. The highest BCUT2D eigenvalue weighted by Gasteiger charge is 2.15. The van der Waals surface area contributed by atoms with Crippen LogP contribution >= 0.6 is 11.6 Å². The Morgan fingerprint density at radius 2 is 1.93 bits per heavy atom. The number of carbonyl (C=O) groups excluding carboxylic acids is 1. The molecule has 0 atom stereocenters. The van der Waals surface area contributed by atoms with Crippen LogP contribution in [0.1, 0.15) is 10.4 Å². The monoisotopic (exact) mass is 395 g/mol. The van der Waals surface area contributed by atoms with Gasteiger partial charge in [-0.2, -0.15) is 0 Å². The lowest BCUT2D eigenvalue weighted by Crippen LogP contribution is -2.41. The van der Waals surface area contributed by atoms with Crippen molar-refractivity contribution >= 4 is 28.4 Å². The number of pyridine rings is 1. The number of aromatic nitrogens is 1. The van der Waals surface area contributed by atoms with Gasteiger partial charge in [0, 0.05) is 42.2 Å². The van der Waals surface area contributed by atoms with Crippen LogP contribution in [0, 0.1) is 0 Å². The normalized spacial score (nSPS) is 14.9. The molecule has 1 amide bonds. The van der Waals surface area contributed by atoms with Crippen molar-refractivity contribution in [3.05, 3.63) is 65.2 Å². The number of nitrogens with zero attached hydrogens (tertiary/aromatic N) is 2. The van der Waals surface area contributed by atoms with Crippen LogP contribution in [0.2, 0.25) is 5.02 Å². The van der Waals surface area contributed by atoms with E-state index in [2.05, 4.69) is 10.2 Å². The first-order chi connectivity index (χ1) is 13.7. The predicted octanol–water partition coefficient (Wildman–Crippen LogP) is 3.62. The van der Waals surface area contributed by atoms with Gasteiger partial charge in [-0.15, -0.1) is 0 Å². The molecule has 1 saturated heterocycles. The Balaban J connectivity index is 1.58. The minimum absolute atomic E-state index is 0.0878. The van der Waals surface area contributed by atoms with E-state index >= 15 is 0 Å². The number of hydrogen-bond acceptors (Lipinski definition) is 4. The molecule has 0 unspecified atom stereocenters. The van der Waals surface area contributed by atoms with Gasteiger partial charge in [-0.1, -0.05) is 41.9 Å². The molecule has 2 heterocycles. The van der Waals surface area contributed by atoms with Gasteiger partial charge in [0.2, 0.25) is 0 Å². The number of ether oxygens (including phenoxy) is 1. The second kappa shape index (κ2) is 8.69. The molecule has 1 aliphatic heterocycles. The summed E-state index contributed by atoms with van der Waals surface area (Å²) in [7, 11) is 0. The van der Waals surface area contributed by atoms with Crippen LogP contribution in [0.15, 0.2) is 54.6 Å². The van der Waals surface area contributed by atoms with Gasteiger partial charge in [0.1, 0.15) is 0 Å². The van der Waals surface area contributed by atoms with Crippen molar-refractivity contribution in [3.8, 4) is 11.3 Å². The van der Waals surface area contributed by atoms with Crippen molar-refractivity contribution in [3.63, 3.8) is 0 Å². The first-order valence-corrected chi connectivity index (χ1v) is 9.82. The number of amides is 1. The molecule has 0 radical (unpaired) electrons. The van der Waals surface area contributed by atoms with E-state index in [1.54, 1.807) is 0 Å². The zero-order chi connectivity index (χ0) is 19.3. The van der Waals surface area contributed by atoms with Gasteiger partial charge in [-0.05, 0) is 24.3 Å². The molecule has 144 valence electrons. The zero-order valence-electron chi connectivity index (χ0n) is 15.5. The van der Waals surface area contributed by atoms with Crippen molar-refractivity contribution in [2.75, 3.05) is 39.4 Å². The molecule has 5 nitrogen and oxygen atoms in total. The van der Waals surface area contributed by atoms with Gasteiger partial charge in [0.05, 0.1) is 30.0 Å². The molecule has 1 fully saturated rings. The number of fused-ring (bicyclic) bond motifs is 1. The molecule has 0 saturated carbocycles. The summed E-state index contributed by atoms with van der Waals surface area (Å²) < 4.78 is 5.36. The SMILES string of the molecule is O=C(NCCN1CCOCC1)c1cc(-c2cccc(Cl)c2)nc2ccccc12. The van der Waals surface area contributed by atoms with E-state index in [4.69, 9.17) is 21.3 Å². The molecular weight excluding hydrogens is 374 g/mol. The lowest BCUT2D eigenvalue weighted by Gasteiger charge is -2.26. The molecule has 0 spiro atoms. The van der Waals surface area contributed by atoms with Crippen molar-refractivity contribution in [2.24, 2.45) is 0 Å². The molecule has 2 aromatic carbocycles. The molecular formula is C22H22ClN3O2. The van der Waals surface area contributed by atoms with Gasteiger partial charge < -0.3 is 10.1 Å². The number of nitrogens with one attached hydrogen (secondary N) is 1. The number of rotatable bonds is 5. The molecule has 1 aliphatic rings. The summed E-state index contributed by atoms with van der Waals surface area (Å²) in [5, 5.41) is 4.54. The third-order valence-electron chi connectivity index (χ3n) is 4.90. The van der Waals surface area contributed by atoms with Crippen LogP contribution in [-0.2, 0) is 4.74 Å². The van der Waals surface area contributed by atoms with Gasteiger partial charge >= 0.3 is 0 Å². The molecule has 1 N–H and O–H groups in total. The van der Waals surface area contributed by atoms with E-state index in [9.17, 15) is 4.79 Å². The Hall–Kier alpha value is -2.47. The molecule has 0 aliphatic carbocycles. The second-order valence-electron chi connectivity index (χ2n) is 6.79. The largest absolute Gasteiger partial charge is 0.379 e. The first-order valence-electron chi connectivity index (χ1n) is 9.45. The number of halogens is 1. The minimum Gasteiger partial charge on any atom is -0.379 e. The van der Waals surface area contributed by atoms with E-state index in [0.29, 0.717) is 17.1 Å². The second-order valence-corrected chi connectivity index (χ2v) is 7.23. The standard InChI is InChI=1S/C22H22ClN3O2/c23-17-5-3-4-16(14-17)21-15-19(18-6-1-2-7-20(18)25-21)22(27)24-8-9-26-10-12-28-13-11-26/h1-7,14-15H,8-13H2,(H,24,27). The fourth-order valence-electron chi connectivity index (χ4n) is 3.41. The van der Waals surface area contributed by atoms with E-state index in [1.165, 1.54) is 0 Å². The molecule has 4 rings (SSSR count). The highest BCUT2D eigenvalue weighted by atomic mass is 35.5. The fourth-order valence-corrected chi connectivity index (χ4v) is 3.60. The number of carbonyl (C=O) groups is 1. The smallest absolute Gasteiger partial charge is 0.252 e. The minimum atomic E-state index is -0.0878. The highest BCUT2D eigenvalue weighted by molar-refractivity contribution is 6.30. The van der Waals surface area contributed by atoms with Gasteiger partial charge in [-0.3, -0.25) is 9.69 Å². The van der Waals surface area contributed by atoms with Crippen molar-refractivity contribution < 1.29 is 9.53 Å². The quantitative estimate of drug-likeness (QED) is 0.717. The number of para-hydroxylation sites is 1. The Bertz CT molecular complexity index is 986. The lowest BCUT2D eigenvalue weighted by molar-refractivity contribution is 0.0383. The van der Waals surface area contributed by atoms with Crippen LogP contribution in [0.5, 0.6) is 0 Å². The Kier molecular flexibility index (Phi) is 5.86. The maximum absolute atomic E-state index is 12.9. The summed E-state index contributed by atoms with van der Waals surface area (Å²) in [5.41, 5.74) is 3.04. The van der Waals surface area contributed by atoms with E-state index in [0.717, 1.165) is 55.0 Å². The molecule has 6 heteroatoms. The average Bonchev–Trinajstić information content (AvgIpc) is 2.73. The molecule has 0 bridgehead atoms. The van der Waals surface area contributed by atoms with Crippen molar-refractivity contribution in [1.29, 1.82) is 0 Å².